The summed E-state index contributed by atoms with van der Waals surface area (Å²) in [6.45, 7) is 20.3. The van der Waals surface area contributed by atoms with Crippen LogP contribution >= 0.6 is 33.3 Å². The van der Waals surface area contributed by atoms with E-state index in [0.29, 0.717) is 36.3 Å². The second kappa shape index (κ2) is 14.7. The van der Waals surface area contributed by atoms with Gasteiger partial charge in [0.2, 0.25) is 0 Å². The Morgan fingerprint density at radius 3 is 1.88 bits per heavy atom. The number of hydrogen-bond donors (Lipinski definition) is 0. The van der Waals surface area contributed by atoms with Crippen LogP contribution in [0.1, 0.15) is 101 Å². The highest BCUT2D eigenvalue weighted by atomic mass is 33.1. The molecule has 0 fully saturated rings. The monoisotopic (exact) mass is 508 g/mol. The highest BCUT2D eigenvalue weighted by molar-refractivity contribution is 8.76. The molecule has 0 rings (SSSR count). The predicted molar refractivity (Wildman–Crippen MR) is 145 cm³/mol. The molecule has 0 aromatic heterocycles. The van der Waals surface area contributed by atoms with E-state index in [9.17, 15) is 9.59 Å². The van der Waals surface area contributed by atoms with Gasteiger partial charge in [0.25, 0.3) is 0 Å². The van der Waals surface area contributed by atoms with Crippen LogP contribution in [0.15, 0.2) is 0 Å². The smallest absolute Gasteiger partial charge is 0.139 e. The van der Waals surface area contributed by atoms with Gasteiger partial charge in [0.05, 0.1) is 17.1 Å². The van der Waals surface area contributed by atoms with Gasteiger partial charge in [-0.3, -0.25) is 9.59 Å². The van der Waals surface area contributed by atoms with Gasteiger partial charge in [-0.2, -0.15) is 0 Å². The molecule has 0 radical (unpaired) electrons. The van der Waals surface area contributed by atoms with Crippen LogP contribution < -0.4 is 0 Å². The molecule has 0 N–H and O–H groups in total. The lowest BCUT2D eigenvalue weighted by molar-refractivity contribution is -0.128. The van der Waals surface area contributed by atoms with Crippen molar-refractivity contribution in [3.63, 3.8) is 0 Å². The Labute approximate surface area is 210 Å². The highest BCUT2D eigenvalue weighted by Crippen LogP contribution is 2.32. The molecular formula is C25H48O4S3. The van der Waals surface area contributed by atoms with Gasteiger partial charge in [-0.15, -0.1) is 11.8 Å². The molecule has 32 heavy (non-hydrogen) atoms. The molecule has 0 atom stereocenters. The first-order valence-corrected chi connectivity index (χ1v) is 15.3. The molecule has 0 bridgehead atoms. The summed E-state index contributed by atoms with van der Waals surface area (Å²) in [5.74, 6) is 3.66. The molecule has 0 heterocycles. The van der Waals surface area contributed by atoms with Crippen molar-refractivity contribution in [1.29, 1.82) is 0 Å². The molecule has 4 nitrogen and oxygen atoms in total. The Bertz CT molecular complexity index is 561. The molecule has 0 aromatic carbocycles. The summed E-state index contributed by atoms with van der Waals surface area (Å²) in [5.41, 5.74) is -0.968. The molecule has 0 aromatic rings. The molecule has 0 aliphatic heterocycles. The van der Waals surface area contributed by atoms with Crippen molar-refractivity contribution < 1.29 is 19.1 Å². The molecule has 0 aliphatic carbocycles. The van der Waals surface area contributed by atoms with Crippen LogP contribution in [0.2, 0.25) is 0 Å². The molecule has 0 amide bonds. The Kier molecular flexibility index (Phi) is 14.8. The van der Waals surface area contributed by atoms with Crippen molar-refractivity contribution in [3.05, 3.63) is 0 Å². The number of carbonyl (C=O) groups is 2. The first-order chi connectivity index (χ1) is 14.5. The Morgan fingerprint density at radius 2 is 1.31 bits per heavy atom. The van der Waals surface area contributed by atoms with E-state index < -0.39 is 0 Å². The average molecular weight is 509 g/mol. The predicted octanol–water partition coefficient (Wildman–Crippen LogP) is 7.79. The summed E-state index contributed by atoms with van der Waals surface area (Å²) >= 11 is 1.75. The maximum atomic E-state index is 12.7. The topological polar surface area (TPSA) is 52.6 Å². The van der Waals surface area contributed by atoms with Crippen LogP contribution in [0.25, 0.3) is 0 Å². The van der Waals surface area contributed by atoms with Gasteiger partial charge in [-0.25, -0.2) is 0 Å². The lowest BCUT2D eigenvalue weighted by Gasteiger charge is -2.30. The highest BCUT2D eigenvalue weighted by Gasteiger charge is 2.30. The minimum absolute atomic E-state index is 0.109. The number of thioether (sulfide) groups is 1. The zero-order valence-corrected chi connectivity index (χ0v) is 24.7. The number of rotatable bonds is 17. The van der Waals surface area contributed by atoms with Crippen molar-refractivity contribution in [2.75, 3.05) is 23.4 Å². The number of hydrogen-bond acceptors (Lipinski definition) is 7. The van der Waals surface area contributed by atoms with Crippen LogP contribution in [-0.4, -0.2) is 46.2 Å². The number of ether oxygens (including phenoxy) is 2. The van der Waals surface area contributed by atoms with Gasteiger partial charge in [0, 0.05) is 29.4 Å². The Balaban J connectivity index is 4.06. The number of ketones is 2. The fraction of sp³-hybridized carbons (Fsp3) is 0.920. The van der Waals surface area contributed by atoms with Crippen LogP contribution in [0.5, 0.6) is 0 Å². The molecule has 0 saturated heterocycles. The summed E-state index contributed by atoms with van der Waals surface area (Å²) in [7, 11) is 3.34. The van der Waals surface area contributed by atoms with E-state index in [4.69, 9.17) is 9.47 Å². The summed E-state index contributed by atoms with van der Waals surface area (Å²) in [6.07, 6.45) is 3.77. The fourth-order valence-corrected chi connectivity index (χ4v) is 5.24. The van der Waals surface area contributed by atoms with Crippen LogP contribution in [0.3, 0.4) is 0 Å². The zero-order chi connectivity index (χ0) is 25.1. The van der Waals surface area contributed by atoms with Crippen molar-refractivity contribution >= 4 is 44.9 Å². The Morgan fingerprint density at radius 1 is 0.688 bits per heavy atom. The molecule has 0 saturated carbocycles. The van der Waals surface area contributed by atoms with E-state index in [1.807, 2.05) is 20.8 Å². The van der Waals surface area contributed by atoms with Gasteiger partial charge in [-0.1, -0.05) is 56.2 Å². The third-order valence-electron chi connectivity index (χ3n) is 5.20. The van der Waals surface area contributed by atoms with Gasteiger partial charge in [0.15, 0.2) is 0 Å². The van der Waals surface area contributed by atoms with E-state index in [0.717, 1.165) is 30.8 Å². The second-order valence-corrected chi connectivity index (χ2v) is 15.2. The van der Waals surface area contributed by atoms with Crippen LogP contribution in [0, 0.1) is 10.8 Å². The van der Waals surface area contributed by atoms with Gasteiger partial charge < -0.3 is 9.47 Å². The number of Topliss-reactive ketones (excluding diaryl/α,β-unsaturated/α-hetero) is 2. The number of carbonyl (C=O) groups excluding carboxylic acids is 2. The molecule has 0 unspecified atom stereocenters. The largest absolute Gasteiger partial charge is 0.365 e. The summed E-state index contributed by atoms with van der Waals surface area (Å²) < 4.78 is 11.8. The lowest BCUT2D eigenvalue weighted by atomic mass is 9.79. The van der Waals surface area contributed by atoms with E-state index >= 15 is 0 Å². The third-order valence-corrected chi connectivity index (χ3v) is 8.11. The minimum Gasteiger partial charge on any atom is -0.365 e. The van der Waals surface area contributed by atoms with Crippen molar-refractivity contribution in [2.45, 2.75) is 113 Å². The summed E-state index contributed by atoms with van der Waals surface area (Å²) in [5, 5.41) is 0. The van der Waals surface area contributed by atoms with Crippen molar-refractivity contribution in [3.8, 4) is 0 Å². The van der Waals surface area contributed by atoms with E-state index in [-0.39, 0.29) is 22.0 Å². The van der Waals surface area contributed by atoms with Crippen molar-refractivity contribution in [1.82, 2.24) is 0 Å². The molecule has 190 valence electrons. The lowest BCUT2D eigenvalue weighted by Crippen LogP contribution is -2.30. The average Bonchev–Trinajstić information content (AvgIpc) is 2.63. The second-order valence-electron chi connectivity index (χ2n) is 11.6. The summed E-state index contributed by atoms with van der Waals surface area (Å²) in [4.78, 5) is 24.7. The minimum atomic E-state index is -0.331. The molecular weight excluding hydrogens is 460 g/mol. The van der Waals surface area contributed by atoms with Gasteiger partial charge in [-0.05, 0) is 59.6 Å². The quantitative estimate of drug-likeness (QED) is 0.113. The fourth-order valence-electron chi connectivity index (χ4n) is 2.56. The summed E-state index contributed by atoms with van der Waals surface area (Å²) in [6, 6.07) is 0. The molecule has 7 heteroatoms. The van der Waals surface area contributed by atoms with Gasteiger partial charge in [0.1, 0.15) is 17.5 Å². The Hall–Kier alpha value is 0.310. The standard InChI is InChI=1S/C25H48O4S3/c1-22(2,3)20(26)13-17-31-32-19-29-25(9,10)15-14-24(7,8)21(27)12-11-16-30-18-28-23(4,5)6/h11-19H2,1-10H3. The van der Waals surface area contributed by atoms with Gasteiger partial charge >= 0.3 is 0 Å². The van der Waals surface area contributed by atoms with E-state index in [2.05, 4.69) is 48.5 Å². The SMILES string of the molecule is CC(C)(C)OCSCCCC(=O)C(C)(C)CCC(C)(C)OCSSCCC(=O)C(C)(C)C. The maximum absolute atomic E-state index is 12.7. The first-order valence-electron chi connectivity index (χ1n) is 11.6. The van der Waals surface area contributed by atoms with Crippen LogP contribution in [-0.2, 0) is 19.1 Å². The van der Waals surface area contributed by atoms with E-state index in [1.54, 1.807) is 33.3 Å². The van der Waals surface area contributed by atoms with Crippen LogP contribution in [0.4, 0.5) is 0 Å². The maximum Gasteiger partial charge on any atom is 0.139 e. The normalized spacial score (nSPS) is 13.4. The first kappa shape index (κ1) is 32.3. The van der Waals surface area contributed by atoms with E-state index in [1.165, 1.54) is 0 Å². The third kappa shape index (κ3) is 16.9. The molecule has 0 spiro atoms. The van der Waals surface area contributed by atoms with Crippen molar-refractivity contribution in [2.24, 2.45) is 10.8 Å². The zero-order valence-electron chi connectivity index (χ0n) is 22.2. The molecule has 0 aliphatic rings.